The molecule has 0 aliphatic carbocycles. The molecule has 1 aromatic heterocycles. The second-order valence-corrected chi connectivity index (χ2v) is 7.87. The monoisotopic (exact) mass is 434 g/mol. The molecule has 31 heavy (non-hydrogen) atoms. The number of benzene rings is 2. The quantitative estimate of drug-likeness (QED) is 0.447. The Morgan fingerprint density at radius 2 is 1.84 bits per heavy atom. The summed E-state index contributed by atoms with van der Waals surface area (Å²) in [5, 5.41) is 22.9. The van der Waals surface area contributed by atoms with Crippen LogP contribution in [0.25, 0.3) is 11.1 Å². The van der Waals surface area contributed by atoms with Gasteiger partial charge in [0.25, 0.3) is 0 Å². The predicted octanol–water partition coefficient (Wildman–Crippen LogP) is 3.72. The van der Waals surface area contributed by atoms with Gasteiger partial charge in [0, 0.05) is 23.0 Å². The standard InChI is InChI=1S/C22H18N4O4S/c23-18(27)10-15(16-11-24-17-4-2-1-3-14(16)17)20-21(30)26-22(31-20)25-13-7-5-12(6-8-13)9-19(28)29/h1-8,11,30H,9-10H2,(H2,23,27)(H,25,26)(H,28,29). The van der Waals surface area contributed by atoms with Crippen molar-refractivity contribution in [1.29, 1.82) is 0 Å². The Labute approximate surface area is 181 Å². The summed E-state index contributed by atoms with van der Waals surface area (Å²) in [6.07, 6.45) is 1.53. The summed E-state index contributed by atoms with van der Waals surface area (Å²) in [4.78, 5) is 31.6. The zero-order valence-corrected chi connectivity index (χ0v) is 17.0. The van der Waals surface area contributed by atoms with Crippen molar-refractivity contribution in [2.24, 2.45) is 10.7 Å². The third kappa shape index (κ3) is 4.46. The first-order valence-corrected chi connectivity index (χ1v) is 10.1. The molecule has 1 aliphatic rings. The second kappa shape index (κ2) is 8.41. The number of thiazole rings is 1. The van der Waals surface area contributed by atoms with Gasteiger partial charge in [-0.3, -0.25) is 14.6 Å². The Morgan fingerprint density at radius 3 is 2.55 bits per heavy atom. The summed E-state index contributed by atoms with van der Waals surface area (Å²) >= 11 is 1.19. The zero-order chi connectivity index (χ0) is 22.0. The molecule has 5 N–H and O–H groups in total. The molecular formula is C22H18N4O4S. The lowest BCUT2D eigenvalue weighted by molar-refractivity contribution is -0.136. The van der Waals surface area contributed by atoms with Crippen LogP contribution in [0.2, 0.25) is 0 Å². The molecule has 9 heteroatoms. The topological polar surface area (TPSA) is 138 Å². The Morgan fingerprint density at radius 1 is 1.10 bits per heavy atom. The van der Waals surface area contributed by atoms with E-state index in [0.717, 1.165) is 16.8 Å². The van der Waals surface area contributed by atoms with Crippen LogP contribution in [0.3, 0.4) is 0 Å². The van der Waals surface area contributed by atoms with Crippen molar-refractivity contribution in [2.45, 2.75) is 12.8 Å². The number of aromatic hydroxyl groups is 1. The van der Waals surface area contributed by atoms with Gasteiger partial charge in [0.15, 0.2) is 5.13 Å². The van der Waals surface area contributed by atoms with Crippen molar-refractivity contribution in [3.63, 3.8) is 0 Å². The maximum Gasteiger partial charge on any atom is 0.307 e. The lowest BCUT2D eigenvalue weighted by Gasteiger charge is -2.08. The highest BCUT2D eigenvalue weighted by Gasteiger charge is 2.23. The number of aromatic nitrogens is 1. The number of carbonyl (C=O) groups excluding carboxylic acids is 1. The summed E-state index contributed by atoms with van der Waals surface area (Å²) in [6, 6.07) is 14.4. The van der Waals surface area contributed by atoms with Crippen molar-refractivity contribution in [3.8, 4) is 5.88 Å². The van der Waals surface area contributed by atoms with E-state index in [1.54, 1.807) is 30.5 Å². The molecule has 0 fully saturated rings. The van der Waals surface area contributed by atoms with Crippen molar-refractivity contribution in [1.82, 2.24) is 4.98 Å². The highest BCUT2D eigenvalue weighted by Crippen LogP contribution is 2.43. The number of nitrogens with zero attached hydrogens (tertiary/aromatic N) is 2. The number of carbonyl (C=O) groups is 2. The smallest absolute Gasteiger partial charge is 0.307 e. The number of para-hydroxylation sites is 1. The van der Waals surface area contributed by atoms with Crippen molar-refractivity contribution >= 4 is 57.1 Å². The van der Waals surface area contributed by atoms with Crippen LogP contribution in [0.5, 0.6) is 5.88 Å². The third-order valence-electron chi connectivity index (χ3n) is 4.65. The van der Waals surface area contributed by atoms with Crippen LogP contribution in [0, 0.1) is 0 Å². The van der Waals surface area contributed by atoms with Crippen molar-refractivity contribution in [3.05, 3.63) is 64.5 Å². The molecule has 0 unspecified atom stereocenters. The summed E-state index contributed by atoms with van der Waals surface area (Å²) < 4.78 is 0. The van der Waals surface area contributed by atoms with E-state index in [0.29, 0.717) is 26.8 Å². The largest absolute Gasteiger partial charge is 0.492 e. The first kappa shape index (κ1) is 20.3. The average Bonchev–Trinajstić information content (AvgIpc) is 3.30. The third-order valence-corrected chi connectivity index (χ3v) is 5.67. The van der Waals surface area contributed by atoms with Crippen molar-refractivity contribution in [2.75, 3.05) is 5.32 Å². The number of anilines is 2. The van der Waals surface area contributed by atoms with Crippen LogP contribution in [-0.4, -0.2) is 33.3 Å². The molecular weight excluding hydrogens is 416 g/mol. The van der Waals surface area contributed by atoms with Gasteiger partial charge in [-0.05, 0) is 29.3 Å². The lowest BCUT2D eigenvalue weighted by Crippen LogP contribution is -2.11. The van der Waals surface area contributed by atoms with Gasteiger partial charge in [-0.2, -0.15) is 4.98 Å². The predicted molar refractivity (Wildman–Crippen MR) is 120 cm³/mol. The van der Waals surface area contributed by atoms with E-state index in [1.807, 2.05) is 24.3 Å². The van der Waals surface area contributed by atoms with Gasteiger partial charge in [-0.1, -0.05) is 41.7 Å². The van der Waals surface area contributed by atoms with Gasteiger partial charge in [-0.25, -0.2) is 0 Å². The fourth-order valence-electron chi connectivity index (χ4n) is 3.30. The molecule has 1 amide bonds. The van der Waals surface area contributed by atoms with Gasteiger partial charge in [-0.15, -0.1) is 0 Å². The zero-order valence-electron chi connectivity index (χ0n) is 16.2. The summed E-state index contributed by atoms with van der Waals surface area (Å²) in [5.41, 5.74) is 9.75. The summed E-state index contributed by atoms with van der Waals surface area (Å²) in [7, 11) is 0. The number of fused-ring (bicyclic) bond motifs is 1. The molecule has 4 rings (SSSR count). The molecule has 2 aromatic carbocycles. The number of aliphatic imine (C=N–C) groups is 1. The van der Waals surface area contributed by atoms with Crippen LogP contribution in [0.15, 0.2) is 53.5 Å². The molecule has 0 saturated carbocycles. The van der Waals surface area contributed by atoms with Gasteiger partial charge in [0.05, 0.1) is 23.4 Å². The number of amides is 1. The van der Waals surface area contributed by atoms with Crippen LogP contribution in [0.1, 0.15) is 22.4 Å². The maximum absolute atomic E-state index is 11.8. The number of nitrogens with one attached hydrogen (secondary N) is 1. The van der Waals surface area contributed by atoms with E-state index in [2.05, 4.69) is 15.3 Å². The SMILES string of the molecule is NC(=O)CC(=C1C=Nc2ccccc21)c1sc(Nc2ccc(CC(=O)O)cc2)nc1O. The highest BCUT2D eigenvalue weighted by molar-refractivity contribution is 7.17. The van der Waals surface area contributed by atoms with E-state index in [4.69, 9.17) is 10.8 Å². The normalized spacial score (nSPS) is 13.7. The van der Waals surface area contributed by atoms with E-state index in [-0.39, 0.29) is 18.7 Å². The van der Waals surface area contributed by atoms with E-state index >= 15 is 0 Å². The second-order valence-electron chi connectivity index (χ2n) is 6.87. The Balaban J connectivity index is 1.66. The van der Waals surface area contributed by atoms with E-state index in [9.17, 15) is 14.7 Å². The van der Waals surface area contributed by atoms with Crippen LogP contribution >= 0.6 is 11.3 Å². The van der Waals surface area contributed by atoms with Crippen LogP contribution < -0.4 is 11.1 Å². The molecule has 0 radical (unpaired) electrons. The number of allylic oxidation sites excluding steroid dienone is 1. The number of nitrogens with two attached hydrogens (primary N) is 1. The number of carboxylic acids is 1. The number of carboxylic acid groups (broad SMARTS) is 1. The average molecular weight is 434 g/mol. The fraction of sp³-hybridized carbons (Fsp3) is 0.0909. The Bertz CT molecular complexity index is 1230. The molecule has 156 valence electrons. The first-order chi connectivity index (χ1) is 14.9. The first-order valence-electron chi connectivity index (χ1n) is 9.33. The van der Waals surface area contributed by atoms with Gasteiger partial charge < -0.3 is 21.3 Å². The van der Waals surface area contributed by atoms with Crippen LogP contribution in [0.4, 0.5) is 16.5 Å². The van der Waals surface area contributed by atoms with Gasteiger partial charge in [0.2, 0.25) is 11.8 Å². The minimum Gasteiger partial charge on any atom is -0.492 e. The molecule has 0 atom stereocenters. The summed E-state index contributed by atoms with van der Waals surface area (Å²) in [6.45, 7) is 0. The molecule has 8 nitrogen and oxygen atoms in total. The van der Waals surface area contributed by atoms with E-state index in [1.165, 1.54) is 11.3 Å². The number of hydrogen-bond acceptors (Lipinski definition) is 7. The molecule has 0 saturated heterocycles. The van der Waals surface area contributed by atoms with E-state index < -0.39 is 11.9 Å². The molecule has 0 spiro atoms. The molecule has 1 aliphatic heterocycles. The highest BCUT2D eigenvalue weighted by atomic mass is 32.1. The number of aliphatic carboxylic acids is 1. The number of primary amides is 1. The Hall–Kier alpha value is -3.98. The lowest BCUT2D eigenvalue weighted by atomic mass is 9.98. The Kier molecular flexibility index (Phi) is 5.50. The maximum atomic E-state index is 11.8. The molecule has 0 bridgehead atoms. The molecule has 2 heterocycles. The number of hydrogen-bond donors (Lipinski definition) is 4. The van der Waals surface area contributed by atoms with Gasteiger partial charge in [0.1, 0.15) is 0 Å². The minimum absolute atomic E-state index is 0.0600. The van der Waals surface area contributed by atoms with Crippen LogP contribution in [-0.2, 0) is 16.0 Å². The van der Waals surface area contributed by atoms with Crippen molar-refractivity contribution < 1.29 is 19.8 Å². The number of rotatable bonds is 7. The minimum atomic E-state index is -0.901. The summed E-state index contributed by atoms with van der Waals surface area (Å²) in [5.74, 6) is -1.64. The fourth-order valence-corrected chi connectivity index (χ4v) is 4.23. The molecule has 3 aromatic rings. The van der Waals surface area contributed by atoms with Gasteiger partial charge >= 0.3 is 5.97 Å².